The first-order chi connectivity index (χ1) is 7.79. The van der Waals surface area contributed by atoms with E-state index in [-0.39, 0.29) is 0 Å². The Labute approximate surface area is 101 Å². The normalized spacial score (nSPS) is 10.1. The third kappa shape index (κ3) is 2.56. The molecule has 0 fully saturated rings. The number of nitrogens with one attached hydrogen (secondary N) is 1. The lowest BCUT2D eigenvalue weighted by Crippen LogP contribution is -1.95. The van der Waals surface area contributed by atoms with E-state index < -0.39 is 0 Å². The second-order valence-electron chi connectivity index (χ2n) is 3.62. The van der Waals surface area contributed by atoms with Gasteiger partial charge in [-0.05, 0) is 42.3 Å². The molecule has 0 saturated heterocycles. The van der Waals surface area contributed by atoms with Crippen molar-refractivity contribution in [3.63, 3.8) is 0 Å². The summed E-state index contributed by atoms with van der Waals surface area (Å²) in [6.45, 7) is 3.03. The molecule has 16 heavy (non-hydrogen) atoms. The maximum Gasteiger partial charge on any atom is 0.0412 e. The van der Waals surface area contributed by atoms with Crippen molar-refractivity contribution >= 4 is 17.3 Å². The van der Waals surface area contributed by atoms with Crippen LogP contribution < -0.4 is 5.32 Å². The number of rotatable bonds is 3. The van der Waals surface area contributed by atoms with Crippen molar-refractivity contribution in [1.82, 2.24) is 0 Å². The fraction of sp³-hybridized carbons (Fsp3) is 0.143. The first-order valence-corrected chi connectivity index (χ1v) is 5.77. The van der Waals surface area contributed by atoms with E-state index in [1.807, 2.05) is 18.2 Å². The summed E-state index contributed by atoms with van der Waals surface area (Å²) in [5.41, 5.74) is 3.48. The molecule has 0 radical (unpaired) electrons. The molecule has 0 spiro atoms. The van der Waals surface area contributed by atoms with Gasteiger partial charge in [0.1, 0.15) is 0 Å². The van der Waals surface area contributed by atoms with Crippen LogP contribution in [-0.4, -0.2) is 6.54 Å². The molecule has 0 unspecified atom stereocenters. The van der Waals surface area contributed by atoms with Crippen LogP contribution in [0.2, 0.25) is 5.02 Å². The van der Waals surface area contributed by atoms with Gasteiger partial charge in [0.2, 0.25) is 0 Å². The largest absolute Gasteiger partial charge is 0.385 e. The molecule has 2 rings (SSSR count). The standard InChI is InChI=1S/C14H14ClN/c1-2-16-14-8-6-11(7-9-14)12-4-3-5-13(15)10-12/h3-10,16H,2H2,1H3. The number of benzene rings is 2. The smallest absolute Gasteiger partial charge is 0.0412 e. The summed E-state index contributed by atoms with van der Waals surface area (Å²) in [4.78, 5) is 0. The summed E-state index contributed by atoms with van der Waals surface area (Å²) in [5.74, 6) is 0. The van der Waals surface area contributed by atoms with E-state index in [4.69, 9.17) is 11.6 Å². The van der Waals surface area contributed by atoms with E-state index in [9.17, 15) is 0 Å². The van der Waals surface area contributed by atoms with Crippen molar-refractivity contribution in [2.24, 2.45) is 0 Å². The van der Waals surface area contributed by atoms with Crippen LogP contribution >= 0.6 is 11.6 Å². The quantitative estimate of drug-likeness (QED) is 0.824. The number of halogens is 1. The number of anilines is 1. The highest BCUT2D eigenvalue weighted by molar-refractivity contribution is 6.30. The molecule has 82 valence electrons. The molecule has 1 N–H and O–H groups in total. The molecule has 0 aliphatic carbocycles. The Morgan fingerprint density at radius 2 is 1.75 bits per heavy atom. The van der Waals surface area contributed by atoms with E-state index in [0.29, 0.717) is 0 Å². The molecule has 0 amide bonds. The average molecular weight is 232 g/mol. The van der Waals surface area contributed by atoms with E-state index in [0.717, 1.165) is 22.8 Å². The fourth-order valence-corrected chi connectivity index (χ4v) is 1.84. The molecule has 0 heterocycles. The van der Waals surface area contributed by atoms with Gasteiger partial charge in [0.25, 0.3) is 0 Å². The Kier molecular flexibility index (Phi) is 3.47. The van der Waals surface area contributed by atoms with Gasteiger partial charge in [0.05, 0.1) is 0 Å². The van der Waals surface area contributed by atoms with Gasteiger partial charge in [0, 0.05) is 17.3 Å². The molecule has 0 atom stereocenters. The molecule has 2 heteroatoms. The summed E-state index contributed by atoms with van der Waals surface area (Å²) in [7, 11) is 0. The lowest BCUT2D eigenvalue weighted by Gasteiger charge is -2.05. The number of hydrogen-bond acceptors (Lipinski definition) is 1. The molecule has 1 nitrogen and oxygen atoms in total. The maximum absolute atomic E-state index is 5.96. The van der Waals surface area contributed by atoms with Crippen LogP contribution in [0.4, 0.5) is 5.69 Å². The molecular formula is C14H14ClN. The Morgan fingerprint density at radius 1 is 1.00 bits per heavy atom. The zero-order valence-electron chi connectivity index (χ0n) is 9.20. The van der Waals surface area contributed by atoms with Crippen molar-refractivity contribution in [3.8, 4) is 11.1 Å². The van der Waals surface area contributed by atoms with Crippen LogP contribution in [0.25, 0.3) is 11.1 Å². The van der Waals surface area contributed by atoms with Crippen molar-refractivity contribution < 1.29 is 0 Å². The molecule has 2 aromatic carbocycles. The first-order valence-electron chi connectivity index (χ1n) is 5.39. The molecule has 0 saturated carbocycles. The summed E-state index contributed by atoms with van der Waals surface area (Å²) in [6.07, 6.45) is 0. The molecular weight excluding hydrogens is 218 g/mol. The Balaban J connectivity index is 2.27. The van der Waals surface area contributed by atoms with Crippen molar-refractivity contribution in [2.75, 3.05) is 11.9 Å². The summed E-state index contributed by atoms with van der Waals surface area (Å²) in [5, 5.41) is 4.04. The summed E-state index contributed by atoms with van der Waals surface area (Å²) < 4.78 is 0. The molecule has 0 aliphatic rings. The minimum atomic E-state index is 0.772. The van der Waals surface area contributed by atoms with Gasteiger partial charge >= 0.3 is 0 Å². The SMILES string of the molecule is CCNc1ccc(-c2cccc(Cl)c2)cc1. The fourth-order valence-electron chi connectivity index (χ4n) is 1.65. The second-order valence-corrected chi connectivity index (χ2v) is 4.05. The monoisotopic (exact) mass is 231 g/mol. The van der Waals surface area contributed by atoms with Crippen LogP contribution in [0.1, 0.15) is 6.92 Å². The van der Waals surface area contributed by atoms with Crippen LogP contribution in [0, 0.1) is 0 Å². The van der Waals surface area contributed by atoms with Crippen molar-refractivity contribution in [3.05, 3.63) is 53.6 Å². The lowest BCUT2D eigenvalue weighted by atomic mass is 10.1. The van der Waals surface area contributed by atoms with E-state index >= 15 is 0 Å². The Morgan fingerprint density at radius 3 is 2.38 bits per heavy atom. The van der Waals surface area contributed by atoms with Crippen molar-refractivity contribution in [1.29, 1.82) is 0 Å². The predicted octanol–water partition coefficient (Wildman–Crippen LogP) is 4.44. The van der Waals surface area contributed by atoms with E-state index in [1.165, 1.54) is 5.56 Å². The van der Waals surface area contributed by atoms with E-state index in [2.05, 4.69) is 42.6 Å². The molecule has 2 aromatic rings. The third-order valence-electron chi connectivity index (χ3n) is 2.42. The maximum atomic E-state index is 5.96. The van der Waals surface area contributed by atoms with Gasteiger partial charge in [-0.15, -0.1) is 0 Å². The van der Waals surface area contributed by atoms with Crippen LogP contribution in [-0.2, 0) is 0 Å². The molecule has 0 aliphatic heterocycles. The minimum absolute atomic E-state index is 0.772. The van der Waals surface area contributed by atoms with Crippen LogP contribution in [0.3, 0.4) is 0 Å². The highest BCUT2D eigenvalue weighted by Crippen LogP contribution is 2.23. The zero-order valence-corrected chi connectivity index (χ0v) is 9.96. The predicted molar refractivity (Wildman–Crippen MR) is 71.1 cm³/mol. The van der Waals surface area contributed by atoms with Gasteiger partial charge in [-0.1, -0.05) is 35.9 Å². The van der Waals surface area contributed by atoms with Gasteiger partial charge in [-0.3, -0.25) is 0 Å². The average Bonchev–Trinajstić information content (AvgIpc) is 2.30. The first kappa shape index (κ1) is 11.0. The van der Waals surface area contributed by atoms with Crippen LogP contribution in [0.15, 0.2) is 48.5 Å². The Hall–Kier alpha value is -1.47. The highest BCUT2D eigenvalue weighted by Gasteiger charge is 1.98. The van der Waals surface area contributed by atoms with Gasteiger partial charge in [-0.2, -0.15) is 0 Å². The van der Waals surface area contributed by atoms with Gasteiger partial charge in [-0.25, -0.2) is 0 Å². The van der Waals surface area contributed by atoms with Crippen LogP contribution in [0.5, 0.6) is 0 Å². The zero-order chi connectivity index (χ0) is 11.4. The highest BCUT2D eigenvalue weighted by atomic mass is 35.5. The topological polar surface area (TPSA) is 12.0 Å². The van der Waals surface area contributed by atoms with Gasteiger partial charge < -0.3 is 5.32 Å². The number of hydrogen-bond donors (Lipinski definition) is 1. The molecule has 0 bridgehead atoms. The summed E-state index contributed by atoms with van der Waals surface area (Å²) >= 11 is 5.96. The third-order valence-corrected chi connectivity index (χ3v) is 2.66. The van der Waals surface area contributed by atoms with E-state index in [1.54, 1.807) is 0 Å². The second kappa shape index (κ2) is 5.04. The molecule has 0 aromatic heterocycles. The summed E-state index contributed by atoms with van der Waals surface area (Å²) in [6, 6.07) is 16.3. The van der Waals surface area contributed by atoms with Gasteiger partial charge in [0.15, 0.2) is 0 Å². The Bertz CT molecular complexity index is 462. The minimum Gasteiger partial charge on any atom is -0.385 e. The van der Waals surface area contributed by atoms with Crippen molar-refractivity contribution in [2.45, 2.75) is 6.92 Å². The lowest BCUT2D eigenvalue weighted by molar-refractivity contribution is 1.21.